The molecule has 1 aliphatic rings. The van der Waals surface area contributed by atoms with Crippen molar-refractivity contribution >= 4 is 34.0 Å². The number of hydrogen-bond acceptors (Lipinski definition) is 5. The van der Waals surface area contributed by atoms with Crippen LogP contribution in [0.25, 0.3) is 16.6 Å². The Morgan fingerprint density at radius 3 is 2.69 bits per heavy atom. The van der Waals surface area contributed by atoms with Crippen LogP contribution in [0.5, 0.6) is 0 Å². The highest BCUT2D eigenvalue weighted by Gasteiger charge is 2.31. The quantitative estimate of drug-likeness (QED) is 0.516. The molecule has 0 spiro atoms. The molecule has 4 aromatic rings. The molecule has 146 valence electrons. The van der Waals surface area contributed by atoms with Gasteiger partial charge >= 0.3 is 6.03 Å². The summed E-state index contributed by atoms with van der Waals surface area (Å²) < 4.78 is 15.8. The number of amides is 2. The average Bonchev–Trinajstić information content (AvgIpc) is 3.42. The lowest BCUT2D eigenvalue weighted by Gasteiger charge is -2.18. The first-order valence-corrected chi connectivity index (χ1v) is 10.0. The standard InChI is InChI=1S/C20H17FN6OS/c1-13-23-24-19(29-13)12-25-9-10-26(20(25)28)16-7-4-8-17-14(16)11-22-27(17)18-6-3-2-5-15(18)21/h2-8,11H,9-10,12H2,1H3. The third kappa shape index (κ3) is 3.03. The number of anilines is 1. The monoisotopic (exact) mass is 408 g/mol. The summed E-state index contributed by atoms with van der Waals surface area (Å²) in [6.45, 7) is 3.52. The molecule has 2 amide bonds. The van der Waals surface area contributed by atoms with Gasteiger partial charge in [0.25, 0.3) is 0 Å². The molecule has 0 unspecified atom stereocenters. The van der Waals surface area contributed by atoms with Crippen LogP contribution in [-0.4, -0.2) is 44.0 Å². The van der Waals surface area contributed by atoms with Gasteiger partial charge in [0, 0.05) is 18.5 Å². The minimum atomic E-state index is -0.348. The van der Waals surface area contributed by atoms with Gasteiger partial charge in [-0.05, 0) is 31.2 Å². The van der Waals surface area contributed by atoms with Crippen LogP contribution in [0.2, 0.25) is 0 Å². The number of aromatic nitrogens is 4. The highest BCUT2D eigenvalue weighted by atomic mass is 32.1. The highest BCUT2D eigenvalue weighted by molar-refractivity contribution is 7.11. The molecule has 0 N–H and O–H groups in total. The molecule has 7 nitrogen and oxygen atoms in total. The van der Waals surface area contributed by atoms with E-state index in [0.29, 0.717) is 25.3 Å². The Morgan fingerprint density at radius 1 is 1.07 bits per heavy atom. The summed E-state index contributed by atoms with van der Waals surface area (Å²) in [4.78, 5) is 16.5. The molecule has 1 fully saturated rings. The van der Waals surface area contributed by atoms with Gasteiger partial charge in [-0.15, -0.1) is 10.2 Å². The fraction of sp³-hybridized carbons (Fsp3) is 0.200. The van der Waals surface area contributed by atoms with Crippen molar-refractivity contribution in [3.8, 4) is 5.69 Å². The number of carbonyl (C=O) groups excluding carboxylic acids is 1. The zero-order chi connectivity index (χ0) is 20.0. The van der Waals surface area contributed by atoms with E-state index < -0.39 is 0 Å². The van der Waals surface area contributed by atoms with Gasteiger partial charge in [0.2, 0.25) is 0 Å². The first-order chi connectivity index (χ1) is 14.1. The molecule has 9 heteroatoms. The number of rotatable bonds is 4. The van der Waals surface area contributed by atoms with Crippen molar-refractivity contribution in [3.05, 3.63) is 64.5 Å². The van der Waals surface area contributed by atoms with Crippen LogP contribution in [0.3, 0.4) is 0 Å². The number of carbonyl (C=O) groups is 1. The fourth-order valence-corrected chi connectivity index (χ4v) is 4.33. The van der Waals surface area contributed by atoms with E-state index >= 15 is 0 Å². The molecule has 29 heavy (non-hydrogen) atoms. The van der Waals surface area contributed by atoms with E-state index in [1.807, 2.05) is 25.1 Å². The Morgan fingerprint density at radius 2 is 1.90 bits per heavy atom. The normalized spacial score (nSPS) is 14.3. The lowest BCUT2D eigenvalue weighted by molar-refractivity contribution is 0.218. The summed E-state index contributed by atoms with van der Waals surface area (Å²) in [6, 6.07) is 12.1. The third-order valence-electron chi connectivity index (χ3n) is 4.95. The third-order valence-corrected chi connectivity index (χ3v) is 5.77. The summed E-state index contributed by atoms with van der Waals surface area (Å²) >= 11 is 1.50. The summed E-state index contributed by atoms with van der Waals surface area (Å²) in [6.07, 6.45) is 1.68. The van der Waals surface area contributed by atoms with Crippen molar-refractivity contribution in [2.24, 2.45) is 0 Å². The first-order valence-electron chi connectivity index (χ1n) is 9.19. The van der Waals surface area contributed by atoms with Crippen molar-refractivity contribution in [1.82, 2.24) is 24.9 Å². The maximum absolute atomic E-state index is 14.3. The van der Waals surface area contributed by atoms with Gasteiger partial charge in [0.1, 0.15) is 21.5 Å². The molecule has 0 radical (unpaired) electrons. The number of fused-ring (bicyclic) bond motifs is 1. The topological polar surface area (TPSA) is 67.2 Å². The zero-order valence-corrected chi connectivity index (χ0v) is 16.4. The zero-order valence-electron chi connectivity index (χ0n) is 15.6. The first kappa shape index (κ1) is 17.7. The van der Waals surface area contributed by atoms with Crippen LogP contribution < -0.4 is 4.90 Å². The number of nitrogens with zero attached hydrogens (tertiary/aromatic N) is 6. The molecule has 0 bridgehead atoms. The average molecular weight is 408 g/mol. The van der Waals surface area contributed by atoms with Crippen molar-refractivity contribution in [2.75, 3.05) is 18.0 Å². The van der Waals surface area contributed by atoms with Crippen LogP contribution in [0.15, 0.2) is 48.7 Å². The van der Waals surface area contributed by atoms with E-state index in [4.69, 9.17) is 0 Å². The highest BCUT2D eigenvalue weighted by Crippen LogP contribution is 2.31. The summed E-state index contributed by atoms with van der Waals surface area (Å²) in [5.74, 6) is -0.348. The Kier molecular flexibility index (Phi) is 4.24. The van der Waals surface area contributed by atoms with Crippen LogP contribution in [0.1, 0.15) is 10.0 Å². The van der Waals surface area contributed by atoms with E-state index in [9.17, 15) is 9.18 Å². The van der Waals surface area contributed by atoms with Gasteiger partial charge in [-0.2, -0.15) is 5.10 Å². The Balaban J connectivity index is 1.48. The van der Waals surface area contributed by atoms with Gasteiger partial charge in [0.05, 0.1) is 23.9 Å². The molecular weight excluding hydrogens is 391 g/mol. The Hall–Kier alpha value is -3.33. The predicted octanol–water partition coefficient (Wildman–Crippen LogP) is 3.77. The molecule has 0 saturated carbocycles. The number of para-hydroxylation sites is 1. The Bertz CT molecular complexity index is 1220. The van der Waals surface area contributed by atoms with E-state index in [1.165, 1.54) is 17.4 Å². The summed E-state index contributed by atoms with van der Waals surface area (Å²) in [5, 5.41) is 15.0. The van der Waals surface area contributed by atoms with Crippen LogP contribution in [0.4, 0.5) is 14.9 Å². The lowest BCUT2D eigenvalue weighted by atomic mass is 10.2. The van der Waals surface area contributed by atoms with Gasteiger partial charge in [-0.1, -0.05) is 29.5 Å². The number of urea groups is 1. The summed E-state index contributed by atoms with van der Waals surface area (Å²) in [7, 11) is 0. The van der Waals surface area contributed by atoms with Crippen molar-refractivity contribution in [3.63, 3.8) is 0 Å². The number of benzene rings is 2. The minimum Gasteiger partial charge on any atom is -0.316 e. The number of hydrogen-bond donors (Lipinski definition) is 0. The second-order valence-electron chi connectivity index (χ2n) is 6.79. The second kappa shape index (κ2) is 6.93. The SMILES string of the molecule is Cc1nnc(CN2CCN(c3cccc4c3cnn4-c3ccccc3F)C2=O)s1. The predicted molar refractivity (Wildman–Crippen MR) is 109 cm³/mol. The van der Waals surface area contributed by atoms with Crippen LogP contribution >= 0.6 is 11.3 Å². The number of halogens is 1. The largest absolute Gasteiger partial charge is 0.325 e. The Labute approximate surface area is 170 Å². The van der Waals surface area contributed by atoms with Gasteiger partial charge in [-0.25, -0.2) is 13.9 Å². The maximum Gasteiger partial charge on any atom is 0.325 e. The van der Waals surface area contributed by atoms with Gasteiger partial charge in [-0.3, -0.25) is 4.90 Å². The lowest BCUT2D eigenvalue weighted by Crippen LogP contribution is -2.31. The molecule has 0 atom stereocenters. The van der Waals surface area contributed by atoms with E-state index in [-0.39, 0.29) is 11.8 Å². The molecule has 0 aliphatic carbocycles. The molecule has 5 rings (SSSR count). The van der Waals surface area contributed by atoms with E-state index in [0.717, 1.165) is 26.6 Å². The molecule has 1 aliphatic heterocycles. The van der Waals surface area contributed by atoms with Gasteiger partial charge in [0.15, 0.2) is 0 Å². The van der Waals surface area contributed by atoms with Crippen molar-refractivity contribution in [1.29, 1.82) is 0 Å². The molecule has 3 heterocycles. The van der Waals surface area contributed by atoms with E-state index in [1.54, 1.807) is 38.9 Å². The smallest absolute Gasteiger partial charge is 0.316 e. The molecular formula is C20H17FN6OS. The summed E-state index contributed by atoms with van der Waals surface area (Å²) in [5.41, 5.74) is 1.89. The van der Waals surface area contributed by atoms with E-state index in [2.05, 4.69) is 15.3 Å². The maximum atomic E-state index is 14.3. The van der Waals surface area contributed by atoms with Crippen LogP contribution in [0, 0.1) is 12.7 Å². The van der Waals surface area contributed by atoms with Crippen molar-refractivity contribution < 1.29 is 9.18 Å². The number of aryl methyl sites for hydroxylation is 1. The van der Waals surface area contributed by atoms with Crippen LogP contribution in [-0.2, 0) is 6.54 Å². The molecule has 2 aromatic heterocycles. The fourth-order valence-electron chi connectivity index (χ4n) is 3.60. The minimum absolute atomic E-state index is 0.0796. The van der Waals surface area contributed by atoms with Crippen molar-refractivity contribution in [2.45, 2.75) is 13.5 Å². The second-order valence-corrected chi connectivity index (χ2v) is 8.05. The molecule has 2 aromatic carbocycles. The molecule has 1 saturated heterocycles. The van der Waals surface area contributed by atoms with Gasteiger partial charge < -0.3 is 4.90 Å².